The third-order valence-corrected chi connectivity index (χ3v) is 3.58. The zero-order chi connectivity index (χ0) is 12.1. The molecule has 0 N–H and O–H groups in total. The maximum Gasteiger partial charge on any atom is 0.232 e. The molecule has 5 heteroatoms. The van der Waals surface area contributed by atoms with Gasteiger partial charge < -0.3 is 4.90 Å². The van der Waals surface area contributed by atoms with Gasteiger partial charge in [-0.2, -0.15) is 5.26 Å². The van der Waals surface area contributed by atoms with Gasteiger partial charge in [-0.1, -0.05) is 11.8 Å². The van der Waals surface area contributed by atoms with Gasteiger partial charge in [0.1, 0.15) is 0 Å². The van der Waals surface area contributed by atoms with Gasteiger partial charge in [-0.25, -0.2) is 4.98 Å². The number of nitriles is 1. The molecule has 1 aromatic heterocycles. The fraction of sp³-hybridized carbons (Fsp3) is 0.417. The summed E-state index contributed by atoms with van der Waals surface area (Å²) >= 11 is 1.39. The Morgan fingerprint density at radius 2 is 2.29 bits per heavy atom. The first-order chi connectivity index (χ1) is 8.29. The summed E-state index contributed by atoms with van der Waals surface area (Å²) in [6.07, 6.45) is 3.82. The minimum absolute atomic E-state index is 0.164. The number of hydrogen-bond donors (Lipinski definition) is 0. The predicted octanol–water partition coefficient (Wildman–Crippen LogP) is 1.67. The maximum atomic E-state index is 11.8. The van der Waals surface area contributed by atoms with Crippen molar-refractivity contribution < 1.29 is 4.79 Å². The van der Waals surface area contributed by atoms with Crippen molar-refractivity contribution in [3.63, 3.8) is 0 Å². The highest BCUT2D eigenvalue weighted by atomic mass is 32.2. The molecule has 0 aliphatic carbocycles. The van der Waals surface area contributed by atoms with Crippen LogP contribution in [0.5, 0.6) is 0 Å². The molecule has 1 aliphatic heterocycles. The average Bonchev–Trinajstić information content (AvgIpc) is 2.90. The van der Waals surface area contributed by atoms with Gasteiger partial charge in [-0.05, 0) is 25.0 Å². The molecule has 88 valence electrons. The van der Waals surface area contributed by atoms with E-state index < -0.39 is 0 Å². The number of carbonyl (C=O) groups excluding carboxylic acids is 1. The van der Waals surface area contributed by atoms with Crippen molar-refractivity contribution in [1.82, 2.24) is 9.88 Å². The van der Waals surface area contributed by atoms with E-state index in [0.29, 0.717) is 11.3 Å². The molecule has 0 bridgehead atoms. The Labute approximate surface area is 105 Å². The highest BCUT2D eigenvalue weighted by Gasteiger charge is 2.17. The standard InChI is InChI=1S/C12H13N3OS/c13-8-10-3-4-14-11(7-10)17-9-12(16)15-5-1-2-6-15/h3-4,7H,1-2,5-6,9H2. The number of carbonyl (C=O) groups is 1. The van der Waals surface area contributed by atoms with E-state index in [9.17, 15) is 4.79 Å². The Morgan fingerprint density at radius 3 is 3.00 bits per heavy atom. The number of thioether (sulfide) groups is 1. The van der Waals surface area contributed by atoms with Crippen molar-refractivity contribution in [3.8, 4) is 6.07 Å². The zero-order valence-electron chi connectivity index (χ0n) is 9.43. The third kappa shape index (κ3) is 3.21. The van der Waals surface area contributed by atoms with E-state index in [0.717, 1.165) is 31.0 Å². The number of rotatable bonds is 3. The summed E-state index contributed by atoms with van der Waals surface area (Å²) in [5, 5.41) is 9.48. The lowest BCUT2D eigenvalue weighted by molar-refractivity contribution is -0.127. The molecule has 1 fully saturated rings. The SMILES string of the molecule is N#Cc1ccnc(SCC(=O)N2CCCC2)c1. The monoisotopic (exact) mass is 247 g/mol. The van der Waals surface area contributed by atoms with Crippen LogP contribution in [0.1, 0.15) is 18.4 Å². The van der Waals surface area contributed by atoms with Gasteiger partial charge in [0, 0.05) is 19.3 Å². The minimum atomic E-state index is 0.164. The predicted molar refractivity (Wildman–Crippen MR) is 65.5 cm³/mol. The highest BCUT2D eigenvalue weighted by molar-refractivity contribution is 7.99. The van der Waals surface area contributed by atoms with Crippen molar-refractivity contribution in [2.24, 2.45) is 0 Å². The molecule has 0 spiro atoms. The van der Waals surface area contributed by atoms with E-state index in [1.165, 1.54) is 11.8 Å². The first-order valence-corrected chi connectivity index (χ1v) is 6.55. The van der Waals surface area contributed by atoms with Crippen LogP contribution in [0.4, 0.5) is 0 Å². The van der Waals surface area contributed by atoms with Crippen molar-refractivity contribution in [3.05, 3.63) is 23.9 Å². The summed E-state index contributed by atoms with van der Waals surface area (Å²) in [7, 11) is 0. The van der Waals surface area contributed by atoms with Gasteiger partial charge in [-0.3, -0.25) is 4.79 Å². The molecule has 1 aromatic rings. The zero-order valence-corrected chi connectivity index (χ0v) is 10.2. The summed E-state index contributed by atoms with van der Waals surface area (Å²) in [6.45, 7) is 1.76. The molecular weight excluding hydrogens is 234 g/mol. The lowest BCUT2D eigenvalue weighted by Gasteiger charge is -2.14. The Morgan fingerprint density at radius 1 is 1.53 bits per heavy atom. The number of likely N-dealkylation sites (tertiary alicyclic amines) is 1. The molecule has 0 unspecified atom stereocenters. The van der Waals surface area contributed by atoms with Crippen LogP contribution in [0, 0.1) is 11.3 Å². The van der Waals surface area contributed by atoms with Crippen LogP contribution in [0.25, 0.3) is 0 Å². The second kappa shape index (κ2) is 5.69. The number of aromatic nitrogens is 1. The van der Waals surface area contributed by atoms with Crippen LogP contribution in [-0.4, -0.2) is 34.6 Å². The van der Waals surface area contributed by atoms with Gasteiger partial charge >= 0.3 is 0 Å². The Balaban J connectivity index is 1.88. The topological polar surface area (TPSA) is 57.0 Å². The summed E-state index contributed by atoms with van der Waals surface area (Å²) in [5.41, 5.74) is 0.580. The van der Waals surface area contributed by atoms with E-state index in [1.54, 1.807) is 18.3 Å². The molecule has 1 aliphatic rings. The van der Waals surface area contributed by atoms with Crippen LogP contribution < -0.4 is 0 Å². The van der Waals surface area contributed by atoms with E-state index in [2.05, 4.69) is 11.1 Å². The smallest absolute Gasteiger partial charge is 0.232 e. The second-order valence-corrected chi connectivity index (χ2v) is 4.87. The van der Waals surface area contributed by atoms with Crippen LogP contribution >= 0.6 is 11.8 Å². The molecule has 2 rings (SSSR count). The number of nitrogens with zero attached hydrogens (tertiary/aromatic N) is 3. The van der Waals surface area contributed by atoms with Crippen LogP contribution in [-0.2, 0) is 4.79 Å². The van der Waals surface area contributed by atoms with Crippen molar-refractivity contribution in [2.45, 2.75) is 17.9 Å². The summed E-state index contributed by atoms with van der Waals surface area (Å²) in [6, 6.07) is 5.43. The number of hydrogen-bond acceptors (Lipinski definition) is 4. The van der Waals surface area contributed by atoms with E-state index in [-0.39, 0.29) is 5.91 Å². The summed E-state index contributed by atoms with van der Waals surface area (Å²) < 4.78 is 0. The molecule has 0 atom stereocenters. The summed E-state index contributed by atoms with van der Waals surface area (Å²) in [5.74, 6) is 0.568. The van der Waals surface area contributed by atoms with Gasteiger partial charge in [0.15, 0.2) is 0 Å². The van der Waals surface area contributed by atoms with Crippen molar-refractivity contribution in [2.75, 3.05) is 18.8 Å². The van der Waals surface area contributed by atoms with Gasteiger partial charge in [0.2, 0.25) is 5.91 Å². The van der Waals surface area contributed by atoms with E-state index in [4.69, 9.17) is 5.26 Å². The lowest BCUT2D eigenvalue weighted by Crippen LogP contribution is -2.29. The average molecular weight is 247 g/mol. The quantitative estimate of drug-likeness (QED) is 0.762. The van der Waals surface area contributed by atoms with Crippen LogP contribution in [0.3, 0.4) is 0 Å². The number of pyridine rings is 1. The highest BCUT2D eigenvalue weighted by Crippen LogP contribution is 2.18. The fourth-order valence-corrected chi connectivity index (χ4v) is 2.55. The summed E-state index contributed by atoms with van der Waals surface area (Å²) in [4.78, 5) is 17.8. The lowest BCUT2D eigenvalue weighted by atomic mass is 10.3. The molecule has 1 saturated heterocycles. The van der Waals surface area contributed by atoms with Crippen LogP contribution in [0.15, 0.2) is 23.4 Å². The van der Waals surface area contributed by atoms with Gasteiger partial charge in [0.05, 0.1) is 22.4 Å². The first-order valence-electron chi connectivity index (χ1n) is 5.56. The van der Waals surface area contributed by atoms with Crippen molar-refractivity contribution in [1.29, 1.82) is 5.26 Å². The largest absolute Gasteiger partial charge is 0.342 e. The van der Waals surface area contributed by atoms with Crippen molar-refractivity contribution >= 4 is 17.7 Å². The van der Waals surface area contributed by atoms with Gasteiger partial charge in [0.25, 0.3) is 0 Å². The Kier molecular flexibility index (Phi) is 3.99. The number of amides is 1. The second-order valence-electron chi connectivity index (χ2n) is 3.87. The fourth-order valence-electron chi connectivity index (χ4n) is 1.75. The Hall–Kier alpha value is -1.54. The molecule has 17 heavy (non-hydrogen) atoms. The molecule has 4 nitrogen and oxygen atoms in total. The molecule has 0 aromatic carbocycles. The van der Waals surface area contributed by atoms with E-state index >= 15 is 0 Å². The normalized spacial score (nSPS) is 14.6. The minimum Gasteiger partial charge on any atom is -0.342 e. The first kappa shape index (κ1) is 11.9. The molecule has 0 saturated carbocycles. The maximum absolute atomic E-state index is 11.8. The Bertz CT molecular complexity index is 449. The van der Waals surface area contributed by atoms with E-state index in [1.807, 2.05) is 4.90 Å². The van der Waals surface area contributed by atoms with Crippen LogP contribution in [0.2, 0.25) is 0 Å². The molecule has 2 heterocycles. The molecular formula is C12H13N3OS. The molecule has 0 radical (unpaired) electrons. The molecule has 1 amide bonds. The van der Waals surface area contributed by atoms with Gasteiger partial charge in [-0.15, -0.1) is 0 Å². The third-order valence-electron chi connectivity index (χ3n) is 2.67.